The summed E-state index contributed by atoms with van der Waals surface area (Å²) in [6.07, 6.45) is 1.56. The van der Waals surface area contributed by atoms with Crippen LogP contribution in [0.4, 0.5) is 0 Å². The van der Waals surface area contributed by atoms with Crippen molar-refractivity contribution in [1.29, 1.82) is 0 Å². The van der Waals surface area contributed by atoms with E-state index >= 15 is 0 Å². The van der Waals surface area contributed by atoms with E-state index in [-0.39, 0.29) is 0 Å². The third-order valence-corrected chi connectivity index (χ3v) is 4.75. The van der Waals surface area contributed by atoms with Crippen LogP contribution in [-0.4, -0.2) is 28.9 Å². The lowest BCUT2D eigenvalue weighted by atomic mass is 9.95. The Morgan fingerprint density at radius 3 is 2.94 bits per heavy atom. The Hall–Kier alpha value is -0.610. The van der Waals surface area contributed by atoms with Crippen molar-refractivity contribution >= 4 is 28.8 Å². The molecule has 1 unspecified atom stereocenters. The maximum atomic E-state index is 11.9. The van der Waals surface area contributed by atoms with Crippen LogP contribution >= 0.6 is 22.9 Å². The van der Waals surface area contributed by atoms with Gasteiger partial charge in [0.25, 0.3) is 0 Å². The maximum Gasteiger partial charge on any atom is 0.222 e. The summed E-state index contributed by atoms with van der Waals surface area (Å²) in [5, 5.41) is 3.07. The number of rotatable bonds is 5. The number of carbonyl (C=O) groups is 1. The standard InChI is InChI=1S/C13H19ClN2OS/c1-9(2)10-5-13(17)16(7-10)4-3-12-15-11(6-14)8-18-12/h8-10H,3-7H2,1-2H3. The molecule has 1 aliphatic rings. The minimum Gasteiger partial charge on any atom is -0.342 e. The van der Waals surface area contributed by atoms with Crippen LogP contribution in [0, 0.1) is 11.8 Å². The van der Waals surface area contributed by atoms with Gasteiger partial charge in [-0.25, -0.2) is 4.98 Å². The SMILES string of the molecule is CC(C)C1CC(=O)N(CCc2nc(CCl)cs2)C1. The highest BCUT2D eigenvalue weighted by atomic mass is 35.5. The Morgan fingerprint density at radius 2 is 2.39 bits per heavy atom. The third-order valence-electron chi connectivity index (χ3n) is 3.52. The molecular formula is C13H19ClN2OS. The van der Waals surface area contributed by atoms with Crippen molar-refractivity contribution < 1.29 is 4.79 Å². The second-order valence-electron chi connectivity index (χ2n) is 5.16. The smallest absolute Gasteiger partial charge is 0.222 e. The molecule has 2 heterocycles. The molecule has 100 valence electrons. The van der Waals surface area contributed by atoms with Crippen molar-refractivity contribution in [1.82, 2.24) is 9.88 Å². The highest BCUT2D eigenvalue weighted by Crippen LogP contribution is 2.25. The normalized spacial score (nSPS) is 20.1. The highest BCUT2D eigenvalue weighted by molar-refractivity contribution is 7.09. The van der Waals surface area contributed by atoms with E-state index in [4.69, 9.17) is 11.6 Å². The van der Waals surface area contributed by atoms with Crippen LogP contribution in [0.15, 0.2) is 5.38 Å². The molecule has 1 atom stereocenters. The van der Waals surface area contributed by atoms with E-state index in [0.717, 1.165) is 30.2 Å². The number of thiazole rings is 1. The van der Waals surface area contributed by atoms with Gasteiger partial charge in [-0.3, -0.25) is 4.79 Å². The zero-order valence-corrected chi connectivity index (χ0v) is 12.4. The van der Waals surface area contributed by atoms with E-state index < -0.39 is 0 Å². The molecule has 0 N–H and O–H groups in total. The van der Waals surface area contributed by atoms with E-state index in [1.807, 2.05) is 10.3 Å². The number of nitrogens with zero attached hydrogens (tertiary/aromatic N) is 2. The van der Waals surface area contributed by atoms with Crippen molar-refractivity contribution in [3.05, 3.63) is 16.1 Å². The van der Waals surface area contributed by atoms with Crippen LogP contribution in [0.1, 0.15) is 31.0 Å². The summed E-state index contributed by atoms with van der Waals surface area (Å²) in [7, 11) is 0. The zero-order chi connectivity index (χ0) is 13.1. The number of hydrogen-bond donors (Lipinski definition) is 0. The molecule has 5 heteroatoms. The van der Waals surface area contributed by atoms with Gasteiger partial charge in [0, 0.05) is 31.3 Å². The van der Waals surface area contributed by atoms with Gasteiger partial charge in [0.05, 0.1) is 16.6 Å². The molecule has 1 fully saturated rings. The molecule has 1 aliphatic heterocycles. The lowest BCUT2D eigenvalue weighted by molar-refractivity contribution is -0.127. The molecule has 18 heavy (non-hydrogen) atoms. The van der Waals surface area contributed by atoms with Crippen LogP contribution in [0.3, 0.4) is 0 Å². The summed E-state index contributed by atoms with van der Waals surface area (Å²) in [5.41, 5.74) is 0.935. The second-order valence-corrected chi connectivity index (χ2v) is 6.37. The van der Waals surface area contributed by atoms with Gasteiger partial charge < -0.3 is 4.90 Å². The number of hydrogen-bond acceptors (Lipinski definition) is 3. The van der Waals surface area contributed by atoms with E-state index in [9.17, 15) is 4.79 Å². The van der Waals surface area contributed by atoms with Crippen molar-refractivity contribution in [2.24, 2.45) is 11.8 Å². The Balaban J connectivity index is 1.85. The molecule has 0 saturated carbocycles. The zero-order valence-electron chi connectivity index (χ0n) is 10.9. The van der Waals surface area contributed by atoms with Crippen molar-refractivity contribution in [2.75, 3.05) is 13.1 Å². The highest BCUT2D eigenvalue weighted by Gasteiger charge is 2.30. The Morgan fingerprint density at radius 1 is 1.61 bits per heavy atom. The number of amides is 1. The van der Waals surface area contributed by atoms with Crippen molar-refractivity contribution in [3.63, 3.8) is 0 Å². The van der Waals surface area contributed by atoms with E-state index in [1.165, 1.54) is 0 Å². The molecule has 0 radical (unpaired) electrons. The van der Waals surface area contributed by atoms with Gasteiger partial charge in [0.1, 0.15) is 0 Å². The first kappa shape index (κ1) is 13.8. The van der Waals surface area contributed by atoms with Gasteiger partial charge in [0.15, 0.2) is 0 Å². The van der Waals surface area contributed by atoms with Crippen LogP contribution in [0.5, 0.6) is 0 Å². The van der Waals surface area contributed by atoms with Gasteiger partial charge in [-0.2, -0.15) is 0 Å². The van der Waals surface area contributed by atoms with Crippen LogP contribution in [0.2, 0.25) is 0 Å². The topological polar surface area (TPSA) is 33.2 Å². The van der Waals surface area contributed by atoms with Gasteiger partial charge in [0.2, 0.25) is 5.91 Å². The van der Waals surface area contributed by atoms with E-state index in [0.29, 0.717) is 30.0 Å². The number of aromatic nitrogens is 1. The summed E-state index contributed by atoms with van der Waals surface area (Å²) in [4.78, 5) is 18.3. The predicted molar refractivity (Wildman–Crippen MR) is 74.9 cm³/mol. The van der Waals surface area contributed by atoms with Crippen molar-refractivity contribution in [2.45, 2.75) is 32.6 Å². The molecule has 1 aromatic rings. The molecule has 0 aliphatic carbocycles. The minimum absolute atomic E-state index is 0.294. The molecule has 0 aromatic carbocycles. The molecular weight excluding hydrogens is 268 g/mol. The van der Waals surface area contributed by atoms with Crippen LogP contribution in [0.25, 0.3) is 0 Å². The van der Waals surface area contributed by atoms with Crippen LogP contribution < -0.4 is 0 Å². The van der Waals surface area contributed by atoms with Crippen LogP contribution in [-0.2, 0) is 17.1 Å². The summed E-state index contributed by atoms with van der Waals surface area (Å²) in [6.45, 7) is 6.07. The molecule has 0 spiro atoms. The first-order valence-electron chi connectivity index (χ1n) is 6.37. The largest absolute Gasteiger partial charge is 0.342 e. The molecule has 0 bridgehead atoms. The predicted octanol–water partition coefficient (Wildman–Crippen LogP) is 2.93. The molecule has 1 amide bonds. The van der Waals surface area contributed by atoms with Gasteiger partial charge in [-0.05, 0) is 11.8 Å². The second kappa shape index (κ2) is 6.02. The molecule has 2 rings (SSSR count). The number of carbonyl (C=O) groups excluding carboxylic acids is 1. The molecule has 1 aromatic heterocycles. The summed E-state index contributed by atoms with van der Waals surface area (Å²) >= 11 is 7.36. The molecule has 3 nitrogen and oxygen atoms in total. The first-order valence-corrected chi connectivity index (χ1v) is 7.78. The molecule has 1 saturated heterocycles. The number of likely N-dealkylation sites (tertiary alicyclic amines) is 1. The van der Waals surface area contributed by atoms with E-state index in [2.05, 4.69) is 18.8 Å². The lowest BCUT2D eigenvalue weighted by Crippen LogP contribution is -2.28. The average Bonchev–Trinajstić information content (AvgIpc) is 2.93. The Kier molecular flexibility index (Phi) is 4.62. The Labute approximate surface area is 117 Å². The van der Waals surface area contributed by atoms with Gasteiger partial charge in [-0.15, -0.1) is 22.9 Å². The monoisotopic (exact) mass is 286 g/mol. The van der Waals surface area contributed by atoms with Crippen molar-refractivity contribution in [3.8, 4) is 0 Å². The minimum atomic E-state index is 0.294. The summed E-state index contributed by atoms with van der Waals surface area (Å²) in [5.74, 6) is 1.87. The van der Waals surface area contributed by atoms with E-state index in [1.54, 1.807) is 11.3 Å². The summed E-state index contributed by atoms with van der Waals surface area (Å²) in [6, 6.07) is 0. The van der Waals surface area contributed by atoms with Gasteiger partial charge in [-0.1, -0.05) is 13.8 Å². The Bertz CT molecular complexity index is 419. The fourth-order valence-electron chi connectivity index (χ4n) is 2.22. The quantitative estimate of drug-likeness (QED) is 0.780. The first-order chi connectivity index (χ1) is 8.60. The average molecular weight is 287 g/mol. The summed E-state index contributed by atoms with van der Waals surface area (Å²) < 4.78 is 0. The maximum absolute atomic E-state index is 11.9. The lowest BCUT2D eigenvalue weighted by Gasteiger charge is -2.17. The number of halogens is 1. The third kappa shape index (κ3) is 3.23. The number of alkyl halides is 1. The van der Waals surface area contributed by atoms with Gasteiger partial charge >= 0.3 is 0 Å². The fraction of sp³-hybridized carbons (Fsp3) is 0.692. The fourth-order valence-corrected chi connectivity index (χ4v) is 3.24.